The molecule has 0 amide bonds. The van der Waals surface area contributed by atoms with E-state index in [1.54, 1.807) is 13.8 Å². The van der Waals surface area contributed by atoms with Crippen molar-refractivity contribution in [3.8, 4) is 0 Å². The molecule has 0 aromatic heterocycles. The van der Waals surface area contributed by atoms with Gasteiger partial charge in [0.25, 0.3) is 7.82 Å². The van der Waals surface area contributed by atoms with Crippen LogP contribution in [0.25, 0.3) is 0 Å². The van der Waals surface area contributed by atoms with Gasteiger partial charge in [-0.1, -0.05) is 36.5 Å². The van der Waals surface area contributed by atoms with E-state index in [0.29, 0.717) is 11.6 Å². The maximum absolute atomic E-state index is 11.3. The number of hydrogen-bond donors (Lipinski definition) is 3. The minimum atomic E-state index is -5.58. The van der Waals surface area contributed by atoms with Crippen molar-refractivity contribution in [3.63, 3.8) is 0 Å². The van der Waals surface area contributed by atoms with Gasteiger partial charge >= 0.3 is 0 Å². The average Bonchev–Trinajstić information content (AvgIpc) is 2.25. The lowest BCUT2D eigenvalue weighted by Gasteiger charge is -2.33. The van der Waals surface area contributed by atoms with E-state index < -0.39 is 23.0 Å². The first-order valence-electron chi connectivity index (χ1n) is 5.50. The zero-order valence-electron chi connectivity index (χ0n) is 14.2. The van der Waals surface area contributed by atoms with Gasteiger partial charge in [0.2, 0.25) is 0 Å². The fourth-order valence-corrected chi connectivity index (χ4v) is 4.55. The van der Waals surface area contributed by atoms with Crippen LogP contribution in [-0.4, -0.2) is 0 Å². The summed E-state index contributed by atoms with van der Waals surface area (Å²) < 4.78 is 41.3. The van der Waals surface area contributed by atoms with E-state index in [1.165, 1.54) is 24.3 Å². The van der Waals surface area contributed by atoms with Crippen LogP contribution in [0.2, 0.25) is 0 Å². The van der Waals surface area contributed by atoms with Crippen LogP contribution in [-0.2, 0) is 22.3 Å². The Balaban J connectivity index is -0.000000667. The summed E-state index contributed by atoms with van der Waals surface area (Å²) in [5.41, 5.74) is 0. The van der Waals surface area contributed by atoms with Gasteiger partial charge in [0.05, 0.1) is 0 Å². The molecule has 0 saturated heterocycles. The molecule has 24 heavy (non-hydrogen) atoms. The fourth-order valence-electron chi connectivity index (χ4n) is 0.881. The van der Waals surface area contributed by atoms with Crippen molar-refractivity contribution in [1.29, 1.82) is 0 Å². The maximum Gasteiger partial charge on any atom is 0.278 e. The summed E-state index contributed by atoms with van der Waals surface area (Å²) in [6, 6.07) is 0. The molecule has 0 fully saturated rings. The van der Waals surface area contributed by atoms with Crippen molar-refractivity contribution in [2.45, 2.75) is 13.8 Å². The first-order valence-corrected chi connectivity index (χ1v) is 10.2. The molecule has 12 N–H and O–H groups in total. The fraction of sp³-hybridized carbons (Fsp3) is 0.200. The second-order valence-electron chi connectivity index (χ2n) is 3.42. The third-order valence-electron chi connectivity index (χ3n) is 1.57. The summed E-state index contributed by atoms with van der Waals surface area (Å²) in [5.74, 6) is 0.929. The topological polar surface area (TPSA) is 248 Å². The molecule has 0 saturated carbocycles. The Morgan fingerprint density at radius 1 is 0.667 bits per heavy atom. The summed E-state index contributed by atoms with van der Waals surface area (Å²) in [4.78, 5) is 33.8. The zero-order chi connectivity index (χ0) is 16.6. The highest BCUT2D eigenvalue weighted by molar-refractivity contribution is 7.70. The molecule has 144 valence electrons. The van der Waals surface area contributed by atoms with Crippen molar-refractivity contribution in [1.82, 2.24) is 18.5 Å². The van der Waals surface area contributed by atoms with Crippen LogP contribution >= 0.6 is 23.0 Å². The minimum Gasteiger partial charge on any atom is -0.775 e. The van der Waals surface area contributed by atoms with Crippen LogP contribution < -0.4 is 33.1 Å². The molecule has 0 aromatic rings. The van der Waals surface area contributed by atoms with E-state index in [1.807, 2.05) is 0 Å². The Labute approximate surface area is 141 Å². The van der Waals surface area contributed by atoms with Crippen molar-refractivity contribution >= 4 is 23.0 Å². The van der Waals surface area contributed by atoms with E-state index in [9.17, 15) is 28.4 Å². The molecule has 2 unspecified atom stereocenters. The Kier molecular flexibility index (Phi) is 17.6. The third kappa shape index (κ3) is 16.2. The monoisotopic (exact) mass is 409 g/mol. The normalized spacial score (nSPS) is 19.2. The molecular weight excluding hydrogens is 383 g/mol. The Morgan fingerprint density at radius 2 is 0.958 bits per heavy atom. The summed E-state index contributed by atoms with van der Waals surface area (Å²) >= 11 is 0. The molecule has 0 aliphatic carbocycles. The third-order valence-corrected chi connectivity index (χ3v) is 6.07. The van der Waals surface area contributed by atoms with Gasteiger partial charge in [-0.05, 0) is 25.5 Å². The lowest BCUT2D eigenvalue weighted by Crippen LogP contribution is -2.12. The second-order valence-corrected chi connectivity index (χ2v) is 8.38. The van der Waals surface area contributed by atoms with E-state index in [2.05, 4.69) is 8.62 Å². The highest BCUT2D eigenvalue weighted by Gasteiger charge is 2.21. The number of rotatable bonds is 8. The van der Waals surface area contributed by atoms with Gasteiger partial charge in [0, 0.05) is 0 Å². The molecule has 0 rings (SSSR count). The predicted molar refractivity (Wildman–Crippen MR) is 90.9 cm³/mol. The summed E-state index contributed by atoms with van der Waals surface area (Å²) in [6.45, 7) is 3.21. The lowest BCUT2D eigenvalue weighted by molar-refractivity contribution is -0.233. The molecule has 0 heterocycles. The molecule has 0 aliphatic rings. The molecule has 0 bridgehead atoms. The SMILES string of the molecule is C/C=C/C=C/P(=O)([O-])OP(=O)([O-])OP(=O)([O-])/C=C/C=C/C.[NH4+].[NH4+].[NH4+]. The van der Waals surface area contributed by atoms with Gasteiger partial charge in [-0.25, -0.2) is 0 Å². The van der Waals surface area contributed by atoms with Gasteiger partial charge in [-0.2, -0.15) is 0 Å². The predicted octanol–water partition coefficient (Wildman–Crippen LogP) is 2.90. The first kappa shape index (κ1) is 31.1. The van der Waals surface area contributed by atoms with Crippen LogP contribution in [0, 0.1) is 0 Å². The molecule has 14 heteroatoms. The van der Waals surface area contributed by atoms with Crippen LogP contribution in [0.4, 0.5) is 0 Å². The molecular formula is C10H26N3O8P3. The number of allylic oxidation sites excluding steroid dienone is 6. The molecule has 0 spiro atoms. The van der Waals surface area contributed by atoms with Crippen LogP contribution in [0.3, 0.4) is 0 Å². The van der Waals surface area contributed by atoms with E-state index in [4.69, 9.17) is 0 Å². The van der Waals surface area contributed by atoms with Gasteiger partial charge in [-0.15, -0.1) is 0 Å². The van der Waals surface area contributed by atoms with Crippen molar-refractivity contribution in [3.05, 3.63) is 48.1 Å². The highest BCUT2D eigenvalue weighted by atomic mass is 31.3. The van der Waals surface area contributed by atoms with Crippen LogP contribution in [0.1, 0.15) is 13.8 Å². The zero-order valence-corrected chi connectivity index (χ0v) is 16.9. The van der Waals surface area contributed by atoms with E-state index in [0.717, 1.165) is 12.2 Å². The summed E-state index contributed by atoms with van der Waals surface area (Å²) in [7, 11) is -15.5. The van der Waals surface area contributed by atoms with Crippen molar-refractivity contribution in [2.24, 2.45) is 0 Å². The number of quaternary nitrogens is 3. The Morgan fingerprint density at radius 3 is 1.21 bits per heavy atom. The number of phosphoric acid groups is 1. The summed E-state index contributed by atoms with van der Waals surface area (Å²) in [5, 5.41) is 0. The lowest BCUT2D eigenvalue weighted by atomic mass is 10.5. The van der Waals surface area contributed by atoms with Crippen LogP contribution in [0.5, 0.6) is 0 Å². The highest BCUT2D eigenvalue weighted by Crippen LogP contribution is 2.63. The van der Waals surface area contributed by atoms with Gasteiger partial charge in [0.1, 0.15) is 0 Å². The number of hydrogen-bond acceptors (Lipinski definition) is 8. The molecule has 2 atom stereocenters. The van der Waals surface area contributed by atoms with Crippen LogP contribution in [0.15, 0.2) is 48.1 Å². The first-order chi connectivity index (χ1) is 9.54. The second kappa shape index (κ2) is 13.6. The van der Waals surface area contributed by atoms with Gasteiger partial charge in [0.15, 0.2) is 15.2 Å². The maximum atomic E-state index is 11.3. The van der Waals surface area contributed by atoms with Crippen molar-refractivity contribution < 1.29 is 37.0 Å². The van der Waals surface area contributed by atoms with E-state index >= 15 is 0 Å². The largest absolute Gasteiger partial charge is 0.775 e. The molecule has 0 aliphatic heterocycles. The van der Waals surface area contributed by atoms with Gasteiger partial charge in [-0.3, -0.25) is 13.2 Å². The smallest absolute Gasteiger partial charge is 0.278 e. The quantitative estimate of drug-likeness (QED) is 0.396. The molecule has 11 nitrogen and oxygen atoms in total. The van der Waals surface area contributed by atoms with Crippen molar-refractivity contribution in [2.75, 3.05) is 0 Å². The Hall–Kier alpha value is -0.670. The Bertz CT molecular complexity index is 554. The standard InChI is InChI=1S/C10H17O8P3.3H3N/c1-3-5-7-9-19(11,12)17-21(15,16)18-20(13,14)10-8-6-4-2;;;/h3-10H,1-2H3,(H,11,12)(H,13,14)(H,15,16);3*1H3/b5-3+,6-4+,9-7+,10-8+;;;. The summed E-state index contributed by atoms with van der Waals surface area (Å²) in [6.07, 6.45) is 7.61. The van der Waals surface area contributed by atoms with E-state index in [-0.39, 0.29) is 18.5 Å². The molecule has 0 aromatic carbocycles. The van der Waals surface area contributed by atoms with Gasteiger partial charge < -0.3 is 42.3 Å². The molecule has 0 radical (unpaired) electrons. The minimum absolute atomic E-state index is 0. The average molecular weight is 409 g/mol.